The number of anilines is 5. The molecule has 0 saturated heterocycles. The first-order chi connectivity index (χ1) is 36.4. The van der Waals surface area contributed by atoms with E-state index in [9.17, 15) is 0 Å². The number of rotatable bonds is 8. The molecule has 4 nitrogen and oxygen atoms in total. The number of hydrogen-bond acceptors (Lipinski definition) is 4. The molecular weight excluding hydrogens is 900 g/mol. The minimum atomic E-state index is -0.318. The first kappa shape index (κ1) is 42.8. The van der Waals surface area contributed by atoms with Gasteiger partial charge in [-0.25, -0.2) is 0 Å². The minimum Gasteiger partial charge on any atom is -0.456 e. The molecule has 2 aromatic heterocycles. The Hall–Kier alpha value is -8.80. The summed E-state index contributed by atoms with van der Waals surface area (Å²) in [6, 6.07) is 80.5. The van der Waals surface area contributed by atoms with Crippen molar-refractivity contribution in [3.63, 3.8) is 0 Å². The standard InChI is InChI=1S/C69H51BN2O2/c1-4-5-22-43-35-36-57(50(37-43)44-23-10-6-11-24-44)71-59-40-54-62(74-68(46-27-14-8-15-28-46)64(54)45-25-12-7-13-26-45)41-56(59)70-67-60(71)39-52-48-31-18-20-33-55(48)69(2,3)66(52)65(67)53-38-51-49-32-19-21-34-61(49)73-63(51)42-58(53)72(70)47-29-16-9-17-30-47/h6-21,23-42H,4-5,22H2,1-3H3. The van der Waals surface area contributed by atoms with Crippen LogP contribution in [0, 0.1) is 0 Å². The van der Waals surface area contributed by atoms with Gasteiger partial charge in [0.25, 0.3) is 0 Å². The van der Waals surface area contributed by atoms with Gasteiger partial charge in [-0.3, -0.25) is 0 Å². The van der Waals surface area contributed by atoms with Gasteiger partial charge in [-0.05, 0) is 123 Å². The van der Waals surface area contributed by atoms with E-state index in [-0.39, 0.29) is 12.3 Å². The highest BCUT2D eigenvalue weighted by Gasteiger charge is 2.50. The minimum absolute atomic E-state index is 0.272. The summed E-state index contributed by atoms with van der Waals surface area (Å²) >= 11 is 0. The van der Waals surface area contributed by atoms with E-state index in [1.54, 1.807) is 0 Å². The third-order valence-corrected chi connectivity index (χ3v) is 16.4. The number of para-hydroxylation sites is 2. The Balaban J connectivity index is 1.14. The van der Waals surface area contributed by atoms with E-state index < -0.39 is 0 Å². The van der Waals surface area contributed by atoms with Gasteiger partial charge >= 0.3 is 6.85 Å². The monoisotopic (exact) mass is 950 g/mol. The topological polar surface area (TPSA) is 32.8 Å². The highest BCUT2D eigenvalue weighted by atomic mass is 16.3. The summed E-state index contributed by atoms with van der Waals surface area (Å²) in [5.41, 5.74) is 25.2. The van der Waals surface area contributed by atoms with E-state index in [1.807, 2.05) is 0 Å². The second kappa shape index (κ2) is 16.4. The second-order valence-corrected chi connectivity index (χ2v) is 21.0. The van der Waals surface area contributed by atoms with E-state index in [0.29, 0.717) is 0 Å². The Bertz CT molecular complexity index is 4210. The predicted molar refractivity (Wildman–Crippen MR) is 310 cm³/mol. The van der Waals surface area contributed by atoms with Crippen molar-refractivity contribution in [3.05, 3.63) is 235 Å². The Morgan fingerprint density at radius 3 is 1.91 bits per heavy atom. The fraction of sp³-hybridized carbons (Fsp3) is 0.101. The van der Waals surface area contributed by atoms with Crippen LogP contribution in [0.25, 0.3) is 88.7 Å². The van der Waals surface area contributed by atoms with Gasteiger partial charge in [0.15, 0.2) is 0 Å². The van der Waals surface area contributed by atoms with Crippen LogP contribution in [0.1, 0.15) is 50.3 Å². The van der Waals surface area contributed by atoms with Crippen LogP contribution in [0.3, 0.4) is 0 Å². The largest absolute Gasteiger partial charge is 0.456 e. The number of nitrogens with zero attached hydrogens (tertiary/aromatic N) is 2. The maximum atomic E-state index is 7.32. The molecule has 74 heavy (non-hydrogen) atoms. The molecule has 0 amide bonds. The smallest absolute Gasteiger partial charge is 0.333 e. The van der Waals surface area contributed by atoms with Crippen molar-refractivity contribution in [1.82, 2.24) is 0 Å². The van der Waals surface area contributed by atoms with E-state index >= 15 is 0 Å². The van der Waals surface area contributed by atoms with Crippen molar-refractivity contribution in [1.29, 1.82) is 0 Å². The fourth-order valence-electron chi connectivity index (χ4n) is 13.1. The molecule has 0 N–H and O–H groups in total. The third kappa shape index (κ3) is 6.23. The normalized spacial score (nSPS) is 13.8. The maximum absolute atomic E-state index is 7.32. The predicted octanol–water partition coefficient (Wildman–Crippen LogP) is 17.7. The van der Waals surface area contributed by atoms with Crippen molar-refractivity contribution in [2.24, 2.45) is 0 Å². The van der Waals surface area contributed by atoms with Crippen LogP contribution in [0.2, 0.25) is 0 Å². The van der Waals surface area contributed by atoms with Crippen LogP contribution in [0.15, 0.2) is 227 Å². The molecule has 12 aromatic rings. The highest BCUT2D eigenvalue weighted by Crippen LogP contribution is 2.59. The van der Waals surface area contributed by atoms with Crippen LogP contribution < -0.4 is 20.6 Å². The van der Waals surface area contributed by atoms with Gasteiger partial charge in [0.05, 0.1) is 5.69 Å². The lowest BCUT2D eigenvalue weighted by atomic mass is 9.42. The molecule has 0 fully saturated rings. The molecule has 0 radical (unpaired) electrons. The lowest BCUT2D eigenvalue weighted by Crippen LogP contribution is -2.62. The number of aryl methyl sites for hydroxylation is 1. The van der Waals surface area contributed by atoms with Crippen LogP contribution in [-0.2, 0) is 11.8 Å². The van der Waals surface area contributed by atoms with Gasteiger partial charge in [0.1, 0.15) is 22.5 Å². The van der Waals surface area contributed by atoms with Gasteiger partial charge in [0.2, 0.25) is 0 Å². The number of furan rings is 2. The Labute approximate surface area is 431 Å². The number of unbranched alkanes of at least 4 members (excludes halogenated alkanes) is 1. The molecule has 2 aliphatic heterocycles. The Morgan fingerprint density at radius 2 is 1.14 bits per heavy atom. The molecule has 0 unspecified atom stereocenters. The van der Waals surface area contributed by atoms with Crippen LogP contribution in [-0.4, -0.2) is 6.85 Å². The zero-order valence-corrected chi connectivity index (χ0v) is 41.7. The Kier molecular flexibility index (Phi) is 9.47. The molecule has 0 atom stereocenters. The zero-order chi connectivity index (χ0) is 49.2. The quantitative estimate of drug-likeness (QED) is 0.142. The van der Waals surface area contributed by atoms with E-state index in [4.69, 9.17) is 8.83 Å². The first-order valence-electron chi connectivity index (χ1n) is 26.3. The SMILES string of the molecule is CCCCc1ccc(N2c3cc4c(-c5ccccc5)c(-c5ccccc5)oc4cc3B3c4c2cc2c(c4-c4cc5c(cc4N3c3ccccc3)oc3ccccc35)C(C)(C)c3ccccc3-2)c(-c2ccccc2)c1. The van der Waals surface area contributed by atoms with E-state index in [1.165, 1.54) is 66.7 Å². The van der Waals surface area contributed by atoms with Gasteiger partial charge in [0, 0.05) is 72.6 Å². The van der Waals surface area contributed by atoms with Gasteiger partial charge < -0.3 is 18.5 Å². The van der Waals surface area contributed by atoms with Crippen molar-refractivity contribution in [2.45, 2.75) is 45.4 Å². The summed E-state index contributed by atoms with van der Waals surface area (Å²) < 4.78 is 14.1. The molecule has 0 spiro atoms. The molecule has 10 aromatic carbocycles. The van der Waals surface area contributed by atoms with Crippen molar-refractivity contribution in [2.75, 3.05) is 9.71 Å². The summed E-state index contributed by atoms with van der Waals surface area (Å²) in [5.74, 6) is 0.864. The molecule has 15 rings (SSSR count). The summed E-state index contributed by atoms with van der Waals surface area (Å²) in [7, 11) is 0. The third-order valence-electron chi connectivity index (χ3n) is 16.4. The summed E-state index contributed by atoms with van der Waals surface area (Å²) in [4.78, 5) is 5.23. The summed E-state index contributed by atoms with van der Waals surface area (Å²) in [5, 5.41) is 3.31. The maximum Gasteiger partial charge on any atom is 0.333 e. The first-order valence-corrected chi connectivity index (χ1v) is 26.3. The molecule has 5 heteroatoms. The van der Waals surface area contributed by atoms with Crippen LogP contribution in [0.4, 0.5) is 28.4 Å². The van der Waals surface area contributed by atoms with Crippen molar-refractivity contribution >= 4 is 79.1 Å². The van der Waals surface area contributed by atoms with E-state index in [2.05, 4.69) is 249 Å². The lowest BCUT2D eigenvalue weighted by Gasteiger charge is -2.47. The second-order valence-electron chi connectivity index (χ2n) is 21.0. The van der Waals surface area contributed by atoms with Crippen molar-refractivity contribution < 1.29 is 8.83 Å². The number of benzene rings is 10. The Morgan fingerprint density at radius 1 is 0.459 bits per heavy atom. The fourth-order valence-corrected chi connectivity index (χ4v) is 13.1. The molecule has 4 heterocycles. The highest BCUT2D eigenvalue weighted by molar-refractivity contribution is 6.94. The molecule has 0 saturated carbocycles. The van der Waals surface area contributed by atoms with Crippen LogP contribution in [0.5, 0.6) is 0 Å². The van der Waals surface area contributed by atoms with E-state index in [0.717, 1.165) is 97.4 Å². The van der Waals surface area contributed by atoms with Crippen LogP contribution >= 0.6 is 0 Å². The molecule has 0 bridgehead atoms. The lowest BCUT2D eigenvalue weighted by molar-refractivity contribution is 0.633. The molecule has 352 valence electrons. The van der Waals surface area contributed by atoms with Gasteiger partial charge in [-0.15, -0.1) is 0 Å². The van der Waals surface area contributed by atoms with Gasteiger partial charge in [-0.1, -0.05) is 185 Å². The summed E-state index contributed by atoms with van der Waals surface area (Å²) in [6.07, 6.45) is 3.29. The average molecular weight is 951 g/mol. The van der Waals surface area contributed by atoms with Gasteiger partial charge in [-0.2, -0.15) is 0 Å². The molecule has 3 aliphatic rings. The molecule has 1 aliphatic carbocycles. The number of fused-ring (bicyclic) bond motifs is 12. The molecular formula is C69H51BN2O2. The van der Waals surface area contributed by atoms with Crippen molar-refractivity contribution in [3.8, 4) is 55.8 Å². The average Bonchev–Trinajstić information content (AvgIpc) is 4.09. The summed E-state index contributed by atoms with van der Waals surface area (Å²) in [6.45, 7) is 6.88. The zero-order valence-electron chi connectivity index (χ0n) is 41.7. The number of hydrogen-bond donors (Lipinski definition) is 0.